The number of anilines is 1. The highest BCUT2D eigenvalue weighted by atomic mass is 16.5. The number of amides is 1. The van der Waals surface area contributed by atoms with Gasteiger partial charge in [-0.1, -0.05) is 42.5 Å². The predicted molar refractivity (Wildman–Crippen MR) is 100 cm³/mol. The Bertz CT molecular complexity index is 765. The van der Waals surface area contributed by atoms with Gasteiger partial charge in [-0.15, -0.1) is 0 Å². The van der Waals surface area contributed by atoms with Gasteiger partial charge in [-0.25, -0.2) is 0 Å². The van der Waals surface area contributed by atoms with Crippen LogP contribution in [0.5, 0.6) is 5.75 Å². The summed E-state index contributed by atoms with van der Waals surface area (Å²) < 4.78 is 11.5. The van der Waals surface area contributed by atoms with Gasteiger partial charge in [0.1, 0.15) is 11.9 Å². The van der Waals surface area contributed by atoms with Gasteiger partial charge in [0.25, 0.3) is 0 Å². The van der Waals surface area contributed by atoms with Crippen molar-refractivity contribution in [3.05, 3.63) is 60.2 Å². The monoisotopic (exact) mass is 352 g/mol. The molecule has 2 bridgehead atoms. The van der Waals surface area contributed by atoms with Gasteiger partial charge in [-0.3, -0.25) is 9.69 Å². The van der Waals surface area contributed by atoms with Crippen LogP contribution in [0.2, 0.25) is 0 Å². The molecule has 0 radical (unpaired) electrons. The fourth-order valence-electron chi connectivity index (χ4n) is 3.87. The number of fused-ring (bicyclic) bond motifs is 3. The maximum Gasteiger partial charge on any atom is 0.244 e. The Hall–Kier alpha value is -2.37. The molecule has 4 rings (SSSR count). The number of hydrogen-bond donors (Lipinski definition) is 0. The number of benzene rings is 2. The van der Waals surface area contributed by atoms with Gasteiger partial charge in [0.05, 0.1) is 18.3 Å². The zero-order valence-corrected chi connectivity index (χ0v) is 15.0. The van der Waals surface area contributed by atoms with E-state index in [4.69, 9.17) is 9.47 Å². The van der Waals surface area contributed by atoms with Crippen molar-refractivity contribution in [2.24, 2.45) is 0 Å². The first-order valence-electron chi connectivity index (χ1n) is 9.10. The number of likely N-dealkylation sites (tertiary alicyclic amines) is 1. The summed E-state index contributed by atoms with van der Waals surface area (Å²) in [5.74, 6) is 0.915. The summed E-state index contributed by atoms with van der Waals surface area (Å²) in [7, 11) is 1.66. The Labute approximate surface area is 154 Å². The number of methoxy groups -OCH3 is 1. The minimum Gasteiger partial charge on any atom is -0.487 e. The average molecular weight is 352 g/mol. The minimum absolute atomic E-state index is 0.0402. The molecule has 0 N–H and O–H groups in total. The molecule has 136 valence electrons. The Morgan fingerprint density at radius 3 is 2.69 bits per heavy atom. The summed E-state index contributed by atoms with van der Waals surface area (Å²) in [6.45, 7) is 2.54. The standard InChI is InChI=1S/C21H24N2O3/c1-25-12-11-23-18-9-5-6-10-20(18)26-17-13-19(21(23)24)22(15-17)14-16-7-3-2-4-8-16/h2-10,17,19H,11-15H2,1H3. The topological polar surface area (TPSA) is 42.0 Å². The third-order valence-electron chi connectivity index (χ3n) is 5.11. The van der Waals surface area contributed by atoms with Gasteiger partial charge in [0.15, 0.2) is 0 Å². The van der Waals surface area contributed by atoms with Crippen molar-refractivity contribution in [1.29, 1.82) is 0 Å². The van der Waals surface area contributed by atoms with Crippen molar-refractivity contribution in [2.45, 2.75) is 25.1 Å². The second-order valence-electron chi connectivity index (χ2n) is 6.86. The van der Waals surface area contributed by atoms with Crippen LogP contribution in [0.15, 0.2) is 54.6 Å². The average Bonchev–Trinajstić information content (AvgIpc) is 3.06. The summed E-state index contributed by atoms with van der Waals surface area (Å²) in [5, 5.41) is 0. The van der Waals surface area contributed by atoms with Gasteiger partial charge >= 0.3 is 0 Å². The van der Waals surface area contributed by atoms with Gasteiger partial charge in [-0.05, 0) is 17.7 Å². The molecule has 2 aromatic carbocycles. The molecule has 2 atom stereocenters. The highest BCUT2D eigenvalue weighted by molar-refractivity contribution is 5.99. The molecular weight excluding hydrogens is 328 g/mol. The van der Waals surface area contributed by atoms with E-state index < -0.39 is 0 Å². The molecule has 2 aliphatic rings. The van der Waals surface area contributed by atoms with Crippen LogP contribution in [-0.2, 0) is 16.1 Å². The van der Waals surface area contributed by atoms with E-state index in [2.05, 4.69) is 17.0 Å². The van der Waals surface area contributed by atoms with Crippen molar-refractivity contribution in [2.75, 3.05) is 31.7 Å². The van der Waals surface area contributed by atoms with Gasteiger partial charge in [0, 0.05) is 33.2 Å². The molecule has 2 aliphatic heterocycles. The predicted octanol–water partition coefficient (Wildman–Crippen LogP) is 2.70. The van der Waals surface area contributed by atoms with E-state index in [0.29, 0.717) is 13.2 Å². The lowest BCUT2D eigenvalue weighted by molar-refractivity contribution is -0.123. The van der Waals surface area contributed by atoms with E-state index in [0.717, 1.165) is 30.9 Å². The number of ether oxygens (including phenoxy) is 2. The van der Waals surface area contributed by atoms with Crippen LogP contribution < -0.4 is 9.64 Å². The smallest absolute Gasteiger partial charge is 0.244 e. The van der Waals surface area contributed by atoms with Crippen LogP contribution in [0.25, 0.3) is 0 Å². The number of nitrogens with zero attached hydrogens (tertiary/aromatic N) is 2. The Balaban J connectivity index is 1.64. The molecule has 5 nitrogen and oxygen atoms in total. The van der Waals surface area contributed by atoms with Gasteiger partial charge in [0.2, 0.25) is 5.91 Å². The van der Waals surface area contributed by atoms with Crippen molar-refractivity contribution in [3.8, 4) is 5.75 Å². The first-order valence-corrected chi connectivity index (χ1v) is 9.10. The third-order valence-corrected chi connectivity index (χ3v) is 5.11. The number of carbonyl (C=O) groups is 1. The number of rotatable bonds is 5. The fourth-order valence-corrected chi connectivity index (χ4v) is 3.87. The maximum atomic E-state index is 13.4. The largest absolute Gasteiger partial charge is 0.487 e. The van der Waals surface area contributed by atoms with Crippen LogP contribution in [0.3, 0.4) is 0 Å². The van der Waals surface area contributed by atoms with Crippen LogP contribution in [0.1, 0.15) is 12.0 Å². The maximum absolute atomic E-state index is 13.4. The van der Waals surface area contributed by atoms with Crippen molar-refractivity contribution in [3.63, 3.8) is 0 Å². The molecule has 0 aromatic heterocycles. The lowest BCUT2D eigenvalue weighted by atomic mass is 10.1. The Kier molecular flexibility index (Phi) is 4.91. The summed E-state index contributed by atoms with van der Waals surface area (Å²) in [4.78, 5) is 17.5. The van der Waals surface area contributed by atoms with Gasteiger partial charge < -0.3 is 14.4 Å². The SMILES string of the molecule is COCCN1C(=O)C2CC(CN2Cc2ccccc2)Oc2ccccc21. The molecular formula is C21H24N2O3. The summed E-state index contributed by atoms with van der Waals surface area (Å²) in [6.07, 6.45) is 0.766. The van der Waals surface area contributed by atoms with Crippen LogP contribution >= 0.6 is 0 Å². The second kappa shape index (κ2) is 7.48. The summed E-state index contributed by atoms with van der Waals surface area (Å²) in [6, 6.07) is 17.9. The highest BCUT2D eigenvalue weighted by Gasteiger charge is 2.42. The molecule has 2 unspecified atom stereocenters. The molecule has 2 heterocycles. The highest BCUT2D eigenvalue weighted by Crippen LogP contribution is 2.36. The quantitative estimate of drug-likeness (QED) is 0.830. The van der Waals surface area contributed by atoms with Crippen LogP contribution in [0, 0.1) is 0 Å². The summed E-state index contributed by atoms with van der Waals surface area (Å²) in [5.41, 5.74) is 2.05. The molecule has 26 heavy (non-hydrogen) atoms. The number of carbonyl (C=O) groups excluding carboxylic acids is 1. The number of hydrogen-bond acceptors (Lipinski definition) is 4. The normalized spacial score (nSPS) is 22.5. The molecule has 1 amide bonds. The Morgan fingerprint density at radius 1 is 1.12 bits per heavy atom. The van der Waals surface area contributed by atoms with E-state index in [1.807, 2.05) is 47.4 Å². The molecule has 0 aliphatic carbocycles. The molecule has 0 saturated carbocycles. The van der Waals surface area contributed by atoms with Crippen LogP contribution in [0.4, 0.5) is 5.69 Å². The van der Waals surface area contributed by atoms with E-state index in [-0.39, 0.29) is 18.1 Å². The van der Waals surface area contributed by atoms with Gasteiger partial charge in [-0.2, -0.15) is 0 Å². The lowest BCUT2D eigenvalue weighted by Gasteiger charge is -2.31. The molecule has 1 fully saturated rings. The molecule has 5 heteroatoms. The zero-order valence-electron chi connectivity index (χ0n) is 15.0. The molecule has 0 spiro atoms. The van der Waals surface area contributed by atoms with E-state index in [1.54, 1.807) is 7.11 Å². The van der Waals surface area contributed by atoms with Crippen molar-refractivity contribution >= 4 is 11.6 Å². The van der Waals surface area contributed by atoms with Crippen molar-refractivity contribution < 1.29 is 14.3 Å². The first kappa shape index (κ1) is 17.1. The van der Waals surface area contributed by atoms with Crippen LogP contribution in [-0.4, -0.2) is 49.8 Å². The van der Waals surface area contributed by atoms with Crippen molar-refractivity contribution in [1.82, 2.24) is 4.90 Å². The summed E-state index contributed by atoms with van der Waals surface area (Å²) >= 11 is 0. The van der Waals surface area contributed by atoms with E-state index >= 15 is 0 Å². The fraction of sp³-hybridized carbons (Fsp3) is 0.381. The minimum atomic E-state index is -0.162. The van der Waals surface area contributed by atoms with E-state index in [1.165, 1.54) is 5.56 Å². The number of para-hydroxylation sites is 2. The Morgan fingerprint density at radius 2 is 1.88 bits per heavy atom. The van der Waals surface area contributed by atoms with E-state index in [9.17, 15) is 4.79 Å². The second-order valence-corrected chi connectivity index (χ2v) is 6.86. The lowest BCUT2D eigenvalue weighted by Crippen LogP contribution is -2.47. The molecule has 2 aromatic rings. The third kappa shape index (κ3) is 3.32. The first-order chi connectivity index (χ1) is 12.8. The zero-order chi connectivity index (χ0) is 17.9. The molecule has 1 saturated heterocycles.